The van der Waals surface area contributed by atoms with E-state index in [2.05, 4.69) is 11.9 Å². The fourth-order valence-corrected chi connectivity index (χ4v) is 1.26. The summed E-state index contributed by atoms with van der Waals surface area (Å²) in [6, 6.07) is 4.99. The predicted molar refractivity (Wildman–Crippen MR) is 64.5 cm³/mol. The second kappa shape index (κ2) is 5.21. The van der Waals surface area contributed by atoms with E-state index in [1.54, 1.807) is 24.3 Å². The SMILES string of the molecule is C=CC(C)NC(=O)c1cccc(OC)c1N. The molecule has 1 unspecified atom stereocenters. The fourth-order valence-electron chi connectivity index (χ4n) is 1.26. The molecular weight excluding hydrogens is 204 g/mol. The van der Waals surface area contributed by atoms with Crippen LogP contribution in [0, 0.1) is 0 Å². The van der Waals surface area contributed by atoms with Gasteiger partial charge in [-0.15, -0.1) is 6.58 Å². The van der Waals surface area contributed by atoms with Gasteiger partial charge in [0.05, 0.1) is 18.4 Å². The molecule has 1 rings (SSSR count). The number of hydrogen-bond acceptors (Lipinski definition) is 3. The van der Waals surface area contributed by atoms with E-state index in [-0.39, 0.29) is 11.9 Å². The molecule has 0 aliphatic carbocycles. The van der Waals surface area contributed by atoms with E-state index >= 15 is 0 Å². The van der Waals surface area contributed by atoms with Crippen molar-refractivity contribution in [1.29, 1.82) is 0 Å². The molecule has 0 aliphatic rings. The van der Waals surface area contributed by atoms with Crippen LogP contribution in [0.15, 0.2) is 30.9 Å². The molecule has 86 valence electrons. The number of nitrogens with two attached hydrogens (primary N) is 1. The van der Waals surface area contributed by atoms with Crippen LogP contribution in [0.25, 0.3) is 0 Å². The number of rotatable bonds is 4. The molecule has 1 aromatic rings. The quantitative estimate of drug-likeness (QED) is 0.598. The first-order chi connectivity index (χ1) is 7.60. The highest BCUT2D eigenvalue weighted by Crippen LogP contribution is 2.24. The zero-order chi connectivity index (χ0) is 12.1. The van der Waals surface area contributed by atoms with Gasteiger partial charge in [-0.25, -0.2) is 0 Å². The van der Waals surface area contributed by atoms with E-state index in [0.717, 1.165) is 0 Å². The molecule has 0 saturated carbocycles. The van der Waals surface area contributed by atoms with E-state index in [1.807, 2.05) is 6.92 Å². The number of para-hydroxylation sites is 1. The van der Waals surface area contributed by atoms with E-state index in [4.69, 9.17) is 10.5 Å². The van der Waals surface area contributed by atoms with E-state index < -0.39 is 0 Å². The molecule has 3 N–H and O–H groups in total. The van der Waals surface area contributed by atoms with Gasteiger partial charge in [0.15, 0.2) is 0 Å². The molecule has 0 heterocycles. The van der Waals surface area contributed by atoms with E-state index in [9.17, 15) is 4.79 Å². The van der Waals surface area contributed by atoms with Gasteiger partial charge >= 0.3 is 0 Å². The number of nitrogens with one attached hydrogen (secondary N) is 1. The van der Waals surface area contributed by atoms with Gasteiger partial charge in [0.1, 0.15) is 5.75 Å². The summed E-state index contributed by atoms with van der Waals surface area (Å²) in [6.45, 7) is 5.43. The summed E-state index contributed by atoms with van der Waals surface area (Å²) in [5.74, 6) is 0.266. The Morgan fingerprint density at radius 3 is 2.88 bits per heavy atom. The van der Waals surface area contributed by atoms with Crippen LogP contribution in [0.1, 0.15) is 17.3 Å². The Bertz CT molecular complexity index is 402. The Morgan fingerprint density at radius 1 is 1.62 bits per heavy atom. The molecule has 1 aromatic carbocycles. The topological polar surface area (TPSA) is 64.3 Å². The molecular formula is C12H16N2O2. The van der Waals surface area contributed by atoms with Crippen LogP contribution in [0.5, 0.6) is 5.75 Å². The van der Waals surface area contributed by atoms with Gasteiger partial charge in [0.2, 0.25) is 0 Å². The van der Waals surface area contributed by atoms with Crippen LogP contribution in [-0.2, 0) is 0 Å². The van der Waals surface area contributed by atoms with Crippen LogP contribution < -0.4 is 15.8 Å². The Hall–Kier alpha value is -1.97. The fraction of sp³-hybridized carbons (Fsp3) is 0.250. The minimum Gasteiger partial charge on any atom is -0.495 e. The van der Waals surface area contributed by atoms with Crippen LogP contribution in [0.3, 0.4) is 0 Å². The predicted octanol–water partition coefficient (Wildman–Crippen LogP) is 1.58. The number of amides is 1. The number of nitrogen functional groups attached to an aromatic ring is 1. The highest BCUT2D eigenvalue weighted by molar-refractivity contribution is 6.00. The number of benzene rings is 1. The second-order valence-electron chi connectivity index (χ2n) is 3.42. The van der Waals surface area contributed by atoms with Crippen molar-refractivity contribution in [3.05, 3.63) is 36.4 Å². The van der Waals surface area contributed by atoms with Crippen molar-refractivity contribution < 1.29 is 9.53 Å². The van der Waals surface area contributed by atoms with Crippen molar-refractivity contribution in [3.63, 3.8) is 0 Å². The Morgan fingerprint density at radius 2 is 2.31 bits per heavy atom. The maximum atomic E-state index is 11.8. The van der Waals surface area contributed by atoms with Gasteiger partial charge in [-0.2, -0.15) is 0 Å². The molecule has 0 bridgehead atoms. The Balaban J connectivity index is 2.95. The first-order valence-corrected chi connectivity index (χ1v) is 4.96. The van der Waals surface area contributed by atoms with E-state index in [0.29, 0.717) is 17.0 Å². The van der Waals surface area contributed by atoms with Gasteiger partial charge in [0.25, 0.3) is 5.91 Å². The zero-order valence-corrected chi connectivity index (χ0v) is 9.49. The van der Waals surface area contributed by atoms with Gasteiger partial charge < -0.3 is 15.8 Å². The summed E-state index contributed by atoms with van der Waals surface area (Å²) in [5.41, 5.74) is 6.56. The molecule has 16 heavy (non-hydrogen) atoms. The molecule has 1 atom stereocenters. The minimum atomic E-state index is -0.233. The first-order valence-electron chi connectivity index (χ1n) is 4.96. The summed E-state index contributed by atoms with van der Waals surface area (Å²) in [7, 11) is 1.51. The first kappa shape index (κ1) is 12.1. The van der Waals surface area contributed by atoms with Gasteiger partial charge in [-0.05, 0) is 19.1 Å². The van der Waals surface area contributed by atoms with Gasteiger partial charge in [-0.1, -0.05) is 12.1 Å². The van der Waals surface area contributed by atoms with E-state index in [1.165, 1.54) is 7.11 Å². The molecule has 4 heteroatoms. The molecule has 0 aromatic heterocycles. The van der Waals surface area contributed by atoms with Gasteiger partial charge in [-0.3, -0.25) is 4.79 Å². The third kappa shape index (κ3) is 2.53. The monoisotopic (exact) mass is 220 g/mol. The van der Waals surface area contributed by atoms with Crippen LogP contribution in [-0.4, -0.2) is 19.1 Å². The average molecular weight is 220 g/mol. The van der Waals surface area contributed by atoms with Crippen LogP contribution >= 0.6 is 0 Å². The lowest BCUT2D eigenvalue weighted by molar-refractivity contribution is 0.0947. The lowest BCUT2D eigenvalue weighted by Crippen LogP contribution is -2.31. The lowest BCUT2D eigenvalue weighted by atomic mass is 10.1. The molecule has 0 radical (unpaired) electrons. The van der Waals surface area contributed by atoms with Crippen LogP contribution in [0.4, 0.5) is 5.69 Å². The Kier molecular flexibility index (Phi) is 3.94. The summed E-state index contributed by atoms with van der Waals surface area (Å²) < 4.78 is 5.04. The van der Waals surface area contributed by atoms with Crippen LogP contribution in [0.2, 0.25) is 0 Å². The van der Waals surface area contributed by atoms with Crippen molar-refractivity contribution >= 4 is 11.6 Å². The number of carbonyl (C=O) groups is 1. The van der Waals surface area contributed by atoms with Gasteiger partial charge in [0, 0.05) is 6.04 Å². The maximum absolute atomic E-state index is 11.8. The number of methoxy groups -OCH3 is 1. The summed E-state index contributed by atoms with van der Waals surface area (Å²) in [4.78, 5) is 11.8. The zero-order valence-electron chi connectivity index (χ0n) is 9.49. The smallest absolute Gasteiger partial charge is 0.253 e. The van der Waals surface area contributed by atoms with Crippen molar-refractivity contribution in [2.45, 2.75) is 13.0 Å². The normalized spacial score (nSPS) is 11.6. The summed E-state index contributed by atoms with van der Waals surface area (Å²) in [5, 5.41) is 2.75. The molecule has 0 fully saturated rings. The molecule has 4 nitrogen and oxygen atoms in total. The molecule has 0 saturated heterocycles. The molecule has 0 aliphatic heterocycles. The Labute approximate surface area is 95.1 Å². The van der Waals surface area contributed by atoms with Crippen molar-refractivity contribution in [3.8, 4) is 5.75 Å². The maximum Gasteiger partial charge on any atom is 0.253 e. The van der Waals surface area contributed by atoms with Crippen molar-refractivity contribution in [1.82, 2.24) is 5.32 Å². The number of carbonyl (C=O) groups excluding carboxylic acids is 1. The number of anilines is 1. The standard InChI is InChI=1S/C12H16N2O2/c1-4-8(2)14-12(15)9-6-5-7-10(16-3)11(9)13/h4-8H,1,13H2,2-3H3,(H,14,15). The largest absolute Gasteiger partial charge is 0.495 e. The molecule has 0 spiro atoms. The number of ether oxygens (including phenoxy) is 1. The third-order valence-corrected chi connectivity index (χ3v) is 2.24. The second-order valence-corrected chi connectivity index (χ2v) is 3.42. The summed E-state index contributed by atoms with van der Waals surface area (Å²) in [6.07, 6.45) is 1.65. The third-order valence-electron chi connectivity index (χ3n) is 2.24. The highest BCUT2D eigenvalue weighted by Gasteiger charge is 2.13. The molecule has 1 amide bonds. The average Bonchev–Trinajstić information content (AvgIpc) is 2.29. The van der Waals surface area contributed by atoms with Crippen molar-refractivity contribution in [2.24, 2.45) is 0 Å². The lowest BCUT2D eigenvalue weighted by Gasteiger charge is -2.12. The minimum absolute atomic E-state index is 0.0990. The summed E-state index contributed by atoms with van der Waals surface area (Å²) >= 11 is 0. The number of hydrogen-bond donors (Lipinski definition) is 2. The van der Waals surface area contributed by atoms with Crippen molar-refractivity contribution in [2.75, 3.05) is 12.8 Å². The highest BCUT2D eigenvalue weighted by atomic mass is 16.5.